The monoisotopic (exact) mass is 282 g/mol. The number of carbonyl (C=O) groups is 2. The van der Waals surface area contributed by atoms with E-state index in [1.54, 1.807) is 11.8 Å². The SMILES string of the molecule is CC(O)C1CCCN(C(=O)CNC(=O)C2CCCC2)C1. The minimum absolute atomic E-state index is 0.0262. The number of rotatable bonds is 4. The zero-order chi connectivity index (χ0) is 14.5. The predicted molar refractivity (Wildman–Crippen MR) is 76.0 cm³/mol. The van der Waals surface area contributed by atoms with Gasteiger partial charge in [-0.25, -0.2) is 0 Å². The Morgan fingerprint density at radius 3 is 2.60 bits per heavy atom. The Labute approximate surface area is 120 Å². The number of hydrogen-bond acceptors (Lipinski definition) is 3. The van der Waals surface area contributed by atoms with Gasteiger partial charge in [0.25, 0.3) is 0 Å². The van der Waals surface area contributed by atoms with E-state index in [2.05, 4.69) is 5.32 Å². The molecule has 0 aromatic carbocycles. The van der Waals surface area contributed by atoms with Gasteiger partial charge in [-0.2, -0.15) is 0 Å². The minimum atomic E-state index is -0.376. The summed E-state index contributed by atoms with van der Waals surface area (Å²) in [6, 6.07) is 0. The molecule has 0 radical (unpaired) electrons. The molecule has 0 aromatic heterocycles. The fourth-order valence-electron chi connectivity index (χ4n) is 3.24. The number of hydrogen-bond donors (Lipinski definition) is 2. The fraction of sp³-hybridized carbons (Fsp3) is 0.867. The molecule has 2 amide bonds. The number of nitrogens with zero attached hydrogens (tertiary/aromatic N) is 1. The molecule has 1 aliphatic heterocycles. The maximum Gasteiger partial charge on any atom is 0.241 e. The number of amides is 2. The molecule has 2 atom stereocenters. The van der Waals surface area contributed by atoms with Gasteiger partial charge in [-0.05, 0) is 32.6 Å². The molecule has 1 saturated carbocycles. The first-order valence-corrected chi connectivity index (χ1v) is 7.81. The molecule has 5 nitrogen and oxygen atoms in total. The first-order valence-electron chi connectivity index (χ1n) is 7.81. The second-order valence-electron chi connectivity index (χ2n) is 6.18. The molecule has 5 heteroatoms. The zero-order valence-electron chi connectivity index (χ0n) is 12.3. The van der Waals surface area contributed by atoms with Crippen LogP contribution in [-0.2, 0) is 9.59 Å². The molecule has 2 fully saturated rings. The number of likely N-dealkylation sites (tertiary alicyclic amines) is 1. The molecule has 0 spiro atoms. The smallest absolute Gasteiger partial charge is 0.241 e. The lowest BCUT2D eigenvalue weighted by Gasteiger charge is -2.34. The van der Waals surface area contributed by atoms with Crippen LogP contribution in [0.5, 0.6) is 0 Å². The van der Waals surface area contributed by atoms with Crippen molar-refractivity contribution in [2.24, 2.45) is 11.8 Å². The molecule has 2 N–H and O–H groups in total. The van der Waals surface area contributed by atoms with Gasteiger partial charge in [-0.1, -0.05) is 12.8 Å². The quantitative estimate of drug-likeness (QED) is 0.805. The van der Waals surface area contributed by atoms with Crippen molar-refractivity contribution in [2.75, 3.05) is 19.6 Å². The van der Waals surface area contributed by atoms with Crippen molar-refractivity contribution < 1.29 is 14.7 Å². The van der Waals surface area contributed by atoms with Crippen molar-refractivity contribution in [3.63, 3.8) is 0 Å². The molecule has 114 valence electrons. The third-order valence-electron chi connectivity index (χ3n) is 4.63. The van der Waals surface area contributed by atoms with Crippen molar-refractivity contribution >= 4 is 11.8 Å². The Morgan fingerprint density at radius 2 is 1.95 bits per heavy atom. The van der Waals surface area contributed by atoms with Crippen LogP contribution in [0.4, 0.5) is 0 Å². The maximum absolute atomic E-state index is 12.1. The Balaban J connectivity index is 1.75. The molecule has 1 heterocycles. The summed E-state index contributed by atoms with van der Waals surface area (Å²) >= 11 is 0. The third kappa shape index (κ3) is 3.95. The molecular weight excluding hydrogens is 256 g/mol. The van der Waals surface area contributed by atoms with Crippen LogP contribution in [0.15, 0.2) is 0 Å². The lowest BCUT2D eigenvalue weighted by atomic mass is 9.93. The van der Waals surface area contributed by atoms with Crippen LogP contribution in [0.3, 0.4) is 0 Å². The molecule has 0 aromatic rings. The average Bonchev–Trinajstić information content (AvgIpc) is 2.98. The highest BCUT2D eigenvalue weighted by molar-refractivity contribution is 5.86. The lowest BCUT2D eigenvalue weighted by molar-refractivity contribution is -0.135. The van der Waals surface area contributed by atoms with Crippen LogP contribution in [0.25, 0.3) is 0 Å². The Bertz CT molecular complexity index is 351. The average molecular weight is 282 g/mol. The molecule has 20 heavy (non-hydrogen) atoms. The summed E-state index contributed by atoms with van der Waals surface area (Å²) in [4.78, 5) is 25.8. The normalized spacial score (nSPS) is 25.5. The Morgan fingerprint density at radius 1 is 1.25 bits per heavy atom. The second-order valence-corrected chi connectivity index (χ2v) is 6.18. The van der Waals surface area contributed by atoms with Crippen LogP contribution < -0.4 is 5.32 Å². The van der Waals surface area contributed by atoms with E-state index >= 15 is 0 Å². The van der Waals surface area contributed by atoms with Crippen molar-refractivity contribution in [1.29, 1.82) is 0 Å². The molecule has 2 rings (SSSR count). The number of nitrogens with one attached hydrogen (secondary N) is 1. The summed E-state index contributed by atoms with van der Waals surface area (Å²) in [6.45, 7) is 3.22. The van der Waals surface area contributed by atoms with Gasteiger partial charge in [0.15, 0.2) is 0 Å². The molecular formula is C15H26N2O3. The van der Waals surface area contributed by atoms with Crippen molar-refractivity contribution in [1.82, 2.24) is 10.2 Å². The lowest BCUT2D eigenvalue weighted by Crippen LogP contribution is -2.47. The van der Waals surface area contributed by atoms with Crippen LogP contribution in [0, 0.1) is 11.8 Å². The van der Waals surface area contributed by atoms with Crippen LogP contribution in [0.1, 0.15) is 45.4 Å². The van der Waals surface area contributed by atoms with E-state index < -0.39 is 0 Å². The van der Waals surface area contributed by atoms with E-state index in [1.165, 1.54) is 0 Å². The highest BCUT2D eigenvalue weighted by Gasteiger charge is 2.27. The Kier molecular flexibility index (Phi) is 5.40. The highest BCUT2D eigenvalue weighted by Crippen LogP contribution is 2.24. The van der Waals surface area contributed by atoms with E-state index in [1.807, 2.05) is 0 Å². The van der Waals surface area contributed by atoms with E-state index in [4.69, 9.17) is 0 Å². The number of carbonyl (C=O) groups excluding carboxylic acids is 2. The van der Waals surface area contributed by atoms with Gasteiger partial charge in [-0.15, -0.1) is 0 Å². The standard InChI is InChI=1S/C15H26N2O3/c1-11(18)13-7-4-8-17(10-13)14(19)9-16-15(20)12-5-2-3-6-12/h11-13,18H,2-10H2,1H3,(H,16,20). The number of aliphatic hydroxyl groups is 1. The van der Waals surface area contributed by atoms with Crippen LogP contribution >= 0.6 is 0 Å². The van der Waals surface area contributed by atoms with E-state index in [9.17, 15) is 14.7 Å². The summed E-state index contributed by atoms with van der Waals surface area (Å²) in [6.07, 6.45) is 5.66. The summed E-state index contributed by atoms with van der Waals surface area (Å²) in [7, 11) is 0. The van der Waals surface area contributed by atoms with Crippen molar-refractivity contribution in [2.45, 2.75) is 51.6 Å². The van der Waals surface area contributed by atoms with Crippen LogP contribution in [-0.4, -0.2) is 47.6 Å². The van der Waals surface area contributed by atoms with Gasteiger partial charge < -0.3 is 15.3 Å². The first kappa shape index (κ1) is 15.3. The Hall–Kier alpha value is -1.10. The largest absolute Gasteiger partial charge is 0.393 e. The van der Waals surface area contributed by atoms with Gasteiger partial charge >= 0.3 is 0 Å². The summed E-state index contributed by atoms with van der Waals surface area (Å²) in [5.74, 6) is 0.272. The van der Waals surface area contributed by atoms with Crippen molar-refractivity contribution in [3.8, 4) is 0 Å². The molecule has 0 bridgehead atoms. The number of aliphatic hydroxyl groups excluding tert-OH is 1. The van der Waals surface area contributed by atoms with Gasteiger partial charge in [0.05, 0.1) is 12.6 Å². The molecule has 2 unspecified atom stereocenters. The molecule has 2 aliphatic rings. The van der Waals surface area contributed by atoms with Gasteiger partial charge in [0.2, 0.25) is 11.8 Å². The summed E-state index contributed by atoms with van der Waals surface area (Å²) in [5, 5.41) is 12.4. The first-order chi connectivity index (χ1) is 9.58. The van der Waals surface area contributed by atoms with Crippen molar-refractivity contribution in [3.05, 3.63) is 0 Å². The van der Waals surface area contributed by atoms with Gasteiger partial charge in [0, 0.05) is 24.9 Å². The fourth-order valence-corrected chi connectivity index (χ4v) is 3.24. The summed E-state index contributed by atoms with van der Waals surface area (Å²) in [5.41, 5.74) is 0. The minimum Gasteiger partial charge on any atom is -0.393 e. The van der Waals surface area contributed by atoms with E-state index in [-0.39, 0.29) is 36.3 Å². The van der Waals surface area contributed by atoms with Gasteiger partial charge in [-0.3, -0.25) is 9.59 Å². The molecule has 1 saturated heterocycles. The van der Waals surface area contributed by atoms with Gasteiger partial charge in [0.1, 0.15) is 0 Å². The maximum atomic E-state index is 12.1. The topological polar surface area (TPSA) is 69.6 Å². The molecule has 1 aliphatic carbocycles. The second kappa shape index (κ2) is 7.07. The van der Waals surface area contributed by atoms with E-state index in [0.717, 1.165) is 45.1 Å². The van der Waals surface area contributed by atoms with E-state index in [0.29, 0.717) is 6.54 Å². The predicted octanol–water partition coefficient (Wildman–Crippen LogP) is 0.912. The van der Waals surface area contributed by atoms with Crippen LogP contribution in [0.2, 0.25) is 0 Å². The zero-order valence-corrected chi connectivity index (χ0v) is 12.3. The third-order valence-corrected chi connectivity index (χ3v) is 4.63. The summed E-state index contributed by atoms with van der Waals surface area (Å²) < 4.78 is 0. The number of piperidine rings is 1. The highest BCUT2D eigenvalue weighted by atomic mass is 16.3.